The number of methoxy groups -OCH3 is 4. The highest BCUT2D eigenvalue weighted by molar-refractivity contribution is 7.14. The van der Waals surface area contributed by atoms with Crippen LogP contribution in [0.15, 0.2) is 46.8 Å². The van der Waals surface area contributed by atoms with Gasteiger partial charge in [0.15, 0.2) is 11.1 Å². The van der Waals surface area contributed by atoms with Crippen LogP contribution in [0, 0.1) is 0 Å². The molecule has 0 aliphatic rings. The normalized spacial score (nSPS) is 11.1. The minimum atomic E-state index is 0.232. The fourth-order valence-corrected chi connectivity index (χ4v) is 3.66. The van der Waals surface area contributed by atoms with Crippen molar-refractivity contribution in [2.45, 2.75) is 6.54 Å². The molecule has 0 aliphatic carbocycles. The first-order valence-corrected chi connectivity index (χ1v) is 9.92. The fourth-order valence-electron chi connectivity index (χ4n) is 2.95. The van der Waals surface area contributed by atoms with Crippen LogP contribution in [-0.4, -0.2) is 39.4 Å². The van der Waals surface area contributed by atoms with Gasteiger partial charge in [-0.15, -0.1) is 11.3 Å². The molecule has 0 amide bonds. The quantitative estimate of drug-likeness (QED) is 0.416. The molecule has 8 nitrogen and oxygen atoms in total. The van der Waals surface area contributed by atoms with Crippen LogP contribution in [-0.2, 0) is 6.54 Å². The van der Waals surface area contributed by atoms with Gasteiger partial charge in [-0.3, -0.25) is 0 Å². The van der Waals surface area contributed by atoms with E-state index >= 15 is 0 Å². The van der Waals surface area contributed by atoms with Gasteiger partial charge in [0, 0.05) is 5.38 Å². The van der Waals surface area contributed by atoms with E-state index in [-0.39, 0.29) is 5.96 Å². The van der Waals surface area contributed by atoms with Crippen LogP contribution in [0.25, 0.3) is 11.3 Å². The standard InChI is InChI=1S/C21H24N4O4S/c1-26-15-7-5-8-16(27-2)13(15)11-23-20(22)25-21-24-14(12-30-21)19-17(28-3)9-6-10-18(19)29-4/h5-10,12H,11H2,1-4H3,(H3,22,23,24,25). The lowest BCUT2D eigenvalue weighted by molar-refractivity contribution is 0.385. The molecule has 0 aliphatic heterocycles. The van der Waals surface area contributed by atoms with Crippen molar-refractivity contribution in [1.29, 1.82) is 0 Å². The first kappa shape index (κ1) is 21.3. The Morgan fingerprint density at radius 1 is 0.933 bits per heavy atom. The first-order chi connectivity index (χ1) is 14.6. The predicted molar refractivity (Wildman–Crippen MR) is 119 cm³/mol. The maximum absolute atomic E-state index is 6.07. The number of rotatable bonds is 8. The SMILES string of the molecule is COc1cccc(OC)c1CN=C(N)Nc1nc(-c2c(OC)cccc2OC)cs1. The summed E-state index contributed by atoms with van der Waals surface area (Å²) in [6, 6.07) is 11.1. The van der Waals surface area contributed by atoms with E-state index in [1.165, 1.54) is 11.3 Å². The van der Waals surface area contributed by atoms with Gasteiger partial charge in [0.05, 0.1) is 51.8 Å². The number of aromatic nitrogens is 1. The Balaban J connectivity index is 1.79. The molecule has 9 heteroatoms. The zero-order chi connectivity index (χ0) is 21.5. The molecule has 3 aromatic rings. The summed E-state index contributed by atoms with van der Waals surface area (Å²) in [5.74, 6) is 2.96. The first-order valence-electron chi connectivity index (χ1n) is 9.05. The third kappa shape index (κ3) is 4.57. The molecule has 0 unspecified atom stereocenters. The van der Waals surface area contributed by atoms with Crippen molar-refractivity contribution in [3.63, 3.8) is 0 Å². The van der Waals surface area contributed by atoms with E-state index in [4.69, 9.17) is 24.7 Å². The van der Waals surface area contributed by atoms with Gasteiger partial charge >= 0.3 is 0 Å². The van der Waals surface area contributed by atoms with Crippen LogP contribution in [0.3, 0.4) is 0 Å². The maximum Gasteiger partial charge on any atom is 0.195 e. The summed E-state index contributed by atoms with van der Waals surface area (Å²) in [7, 11) is 6.43. The Morgan fingerprint density at radius 3 is 2.00 bits per heavy atom. The number of hydrogen-bond acceptors (Lipinski definition) is 7. The van der Waals surface area contributed by atoms with Crippen molar-refractivity contribution in [1.82, 2.24) is 4.98 Å². The van der Waals surface area contributed by atoms with Gasteiger partial charge in [-0.05, 0) is 24.3 Å². The number of nitrogens with two attached hydrogens (primary N) is 1. The van der Waals surface area contributed by atoms with Gasteiger partial charge in [0.1, 0.15) is 23.0 Å². The lowest BCUT2D eigenvalue weighted by Crippen LogP contribution is -2.22. The molecule has 1 heterocycles. The number of nitrogens with one attached hydrogen (secondary N) is 1. The third-order valence-corrected chi connectivity index (χ3v) is 5.12. The van der Waals surface area contributed by atoms with Gasteiger partial charge in [-0.1, -0.05) is 12.1 Å². The zero-order valence-corrected chi connectivity index (χ0v) is 18.1. The molecule has 0 fully saturated rings. The molecule has 0 spiro atoms. The molecule has 3 N–H and O–H groups in total. The number of guanidine groups is 1. The van der Waals surface area contributed by atoms with Crippen molar-refractivity contribution in [3.8, 4) is 34.3 Å². The number of aliphatic imine (C=N–C) groups is 1. The van der Waals surface area contributed by atoms with E-state index in [1.54, 1.807) is 28.4 Å². The molecule has 3 rings (SSSR count). The summed E-state index contributed by atoms with van der Waals surface area (Å²) in [6.07, 6.45) is 0. The minimum Gasteiger partial charge on any atom is -0.496 e. The Hall–Kier alpha value is -3.46. The molecule has 0 radical (unpaired) electrons. The van der Waals surface area contributed by atoms with Gasteiger partial charge in [-0.2, -0.15) is 0 Å². The van der Waals surface area contributed by atoms with Crippen molar-refractivity contribution in [3.05, 3.63) is 47.3 Å². The molecule has 2 aromatic carbocycles. The molecular weight excluding hydrogens is 404 g/mol. The molecular formula is C21H24N4O4S. The minimum absolute atomic E-state index is 0.232. The van der Waals surface area contributed by atoms with Gasteiger partial charge in [0.2, 0.25) is 0 Å². The van der Waals surface area contributed by atoms with Crippen LogP contribution in [0.2, 0.25) is 0 Å². The molecule has 0 saturated heterocycles. The predicted octanol–water partition coefficient (Wildman–Crippen LogP) is 3.77. The van der Waals surface area contributed by atoms with Crippen LogP contribution in [0.5, 0.6) is 23.0 Å². The Bertz CT molecular complexity index is 991. The third-order valence-electron chi connectivity index (χ3n) is 4.36. The number of anilines is 1. The van der Waals surface area contributed by atoms with Crippen LogP contribution >= 0.6 is 11.3 Å². The second kappa shape index (κ2) is 9.84. The lowest BCUT2D eigenvalue weighted by Gasteiger charge is -2.11. The average molecular weight is 429 g/mol. The van der Waals surface area contributed by atoms with Crippen molar-refractivity contribution >= 4 is 22.4 Å². The molecule has 1 aromatic heterocycles. The summed E-state index contributed by atoms with van der Waals surface area (Å²) in [5.41, 5.74) is 8.38. The van der Waals surface area contributed by atoms with Crippen molar-refractivity contribution < 1.29 is 18.9 Å². The average Bonchev–Trinajstić information content (AvgIpc) is 3.24. The van der Waals surface area contributed by atoms with E-state index in [0.29, 0.717) is 34.7 Å². The number of hydrogen-bond donors (Lipinski definition) is 2. The second-order valence-electron chi connectivity index (χ2n) is 6.04. The van der Waals surface area contributed by atoms with Crippen LogP contribution in [0.4, 0.5) is 5.13 Å². The summed E-state index contributed by atoms with van der Waals surface area (Å²) in [5, 5.41) is 5.53. The van der Waals surface area contributed by atoms with Gasteiger partial charge < -0.3 is 30.0 Å². The Labute approximate surface area is 179 Å². The van der Waals surface area contributed by atoms with E-state index in [1.807, 2.05) is 41.8 Å². The van der Waals surface area contributed by atoms with Gasteiger partial charge in [-0.25, -0.2) is 9.98 Å². The molecule has 0 atom stereocenters. The number of nitrogens with zero attached hydrogens (tertiary/aromatic N) is 2. The summed E-state index contributed by atoms with van der Waals surface area (Å²) < 4.78 is 21.7. The maximum atomic E-state index is 6.07. The number of ether oxygens (including phenoxy) is 4. The number of benzene rings is 2. The zero-order valence-electron chi connectivity index (χ0n) is 17.3. The molecule has 30 heavy (non-hydrogen) atoms. The highest BCUT2D eigenvalue weighted by Crippen LogP contribution is 2.39. The van der Waals surface area contributed by atoms with Gasteiger partial charge in [0.25, 0.3) is 0 Å². The smallest absolute Gasteiger partial charge is 0.195 e. The largest absolute Gasteiger partial charge is 0.496 e. The topological polar surface area (TPSA) is 100 Å². The number of thiazole rings is 1. The van der Waals surface area contributed by atoms with E-state index in [9.17, 15) is 0 Å². The highest BCUT2D eigenvalue weighted by atomic mass is 32.1. The van der Waals surface area contributed by atoms with Crippen LogP contribution in [0.1, 0.15) is 5.56 Å². The summed E-state index contributed by atoms with van der Waals surface area (Å²) in [4.78, 5) is 8.99. The van der Waals surface area contributed by atoms with Crippen molar-refractivity contribution in [2.24, 2.45) is 10.7 Å². The van der Waals surface area contributed by atoms with E-state index in [2.05, 4.69) is 15.3 Å². The molecule has 0 bridgehead atoms. The Kier molecular flexibility index (Phi) is 6.97. The molecule has 158 valence electrons. The van der Waals surface area contributed by atoms with E-state index < -0.39 is 0 Å². The summed E-state index contributed by atoms with van der Waals surface area (Å²) >= 11 is 1.40. The fraction of sp³-hybridized carbons (Fsp3) is 0.238. The van der Waals surface area contributed by atoms with Crippen LogP contribution < -0.4 is 30.0 Å². The summed E-state index contributed by atoms with van der Waals surface area (Å²) in [6.45, 7) is 0.296. The monoisotopic (exact) mass is 428 g/mol. The highest BCUT2D eigenvalue weighted by Gasteiger charge is 2.16. The molecule has 0 saturated carbocycles. The second-order valence-corrected chi connectivity index (χ2v) is 6.90. The van der Waals surface area contributed by atoms with Crippen molar-refractivity contribution in [2.75, 3.05) is 33.8 Å². The van der Waals surface area contributed by atoms with E-state index in [0.717, 1.165) is 16.8 Å². The Morgan fingerprint density at radius 2 is 1.47 bits per heavy atom. The lowest BCUT2D eigenvalue weighted by atomic mass is 10.1.